The number of hydrogen-bond acceptors (Lipinski definition) is 15. The molecule has 19 heteroatoms. The van der Waals surface area contributed by atoms with Gasteiger partial charge in [0.1, 0.15) is 19.3 Å². The second-order valence-electron chi connectivity index (χ2n) is 28.1. The molecule has 0 aliphatic heterocycles. The van der Waals surface area contributed by atoms with Crippen molar-refractivity contribution in [3.05, 3.63) is 0 Å². The van der Waals surface area contributed by atoms with Gasteiger partial charge in [-0.25, -0.2) is 9.13 Å². The summed E-state index contributed by atoms with van der Waals surface area (Å²) in [6.07, 6.45) is 55.3. The largest absolute Gasteiger partial charge is 0.472 e. The first-order valence-corrected chi connectivity index (χ1v) is 42.5. The molecule has 6 atom stereocenters. The van der Waals surface area contributed by atoms with Crippen LogP contribution >= 0.6 is 15.6 Å². The average Bonchev–Trinajstić information content (AvgIpc) is 1.62. The molecular formula is C76H148O17P2. The molecule has 17 nitrogen and oxygen atoms in total. The zero-order valence-corrected chi connectivity index (χ0v) is 63.8. The molecule has 0 amide bonds. The van der Waals surface area contributed by atoms with Crippen LogP contribution < -0.4 is 0 Å². The highest BCUT2D eigenvalue weighted by Gasteiger charge is 2.30. The summed E-state index contributed by atoms with van der Waals surface area (Å²) in [4.78, 5) is 72.8. The first kappa shape index (κ1) is 93.1. The third-order valence-electron chi connectivity index (χ3n) is 18.1. The van der Waals surface area contributed by atoms with Gasteiger partial charge < -0.3 is 33.8 Å². The standard InChI is InChI=1S/C76H148O17P2/c1-7-10-12-14-16-18-20-29-33-40-46-52-58-73(78)86-64-71(92-75(80)60-54-48-42-34-30-21-19-17-15-13-11-8-2)66-90-94(82,83)88-62-70(77)63-89-95(84,85)91-67-72(65-87-74(79)59-53-47-41-37-36-39-45-51-57-69(6)9-3)93-76(81)61-55-49-43-35-31-27-25-23-22-24-26-28-32-38-44-50-56-68(4)5/h68-72,77H,7-67H2,1-6H3,(H,82,83)(H,84,85)/t69?,70-,71+,72+/m0/s1. The molecule has 3 N–H and O–H groups in total. The molecule has 0 saturated carbocycles. The van der Waals surface area contributed by atoms with Gasteiger partial charge in [-0.1, -0.05) is 343 Å². The van der Waals surface area contributed by atoms with Gasteiger partial charge in [-0.2, -0.15) is 0 Å². The fourth-order valence-corrected chi connectivity index (χ4v) is 13.2. The molecule has 3 unspecified atom stereocenters. The maximum Gasteiger partial charge on any atom is 0.472 e. The van der Waals surface area contributed by atoms with Gasteiger partial charge in [-0.3, -0.25) is 37.3 Å². The molecule has 564 valence electrons. The van der Waals surface area contributed by atoms with Crippen LogP contribution in [0.4, 0.5) is 0 Å². The normalized spacial score (nSPS) is 14.3. The van der Waals surface area contributed by atoms with E-state index in [0.717, 1.165) is 102 Å². The van der Waals surface area contributed by atoms with Crippen LogP contribution in [-0.4, -0.2) is 96.7 Å². The number of phosphoric ester groups is 2. The molecule has 0 heterocycles. The maximum absolute atomic E-state index is 13.1. The summed E-state index contributed by atoms with van der Waals surface area (Å²) >= 11 is 0. The lowest BCUT2D eigenvalue weighted by Crippen LogP contribution is -2.30. The van der Waals surface area contributed by atoms with Crippen molar-refractivity contribution in [2.45, 2.75) is 413 Å². The molecule has 0 radical (unpaired) electrons. The zero-order chi connectivity index (χ0) is 70.0. The van der Waals surface area contributed by atoms with Crippen LogP contribution in [0.2, 0.25) is 0 Å². The van der Waals surface area contributed by atoms with Crippen molar-refractivity contribution in [3.8, 4) is 0 Å². The summed E-state index contributed by atoms with van der Waals surface area (Å²) in [6.45, 7) is 9.63. The smallest absolute Gasteiger partial charge is 0.462 e. The third-order valence-corrected chi connectivity index (χ3v) is 20.0. The Kier molecular flexibility index (Phi) is 66.5. The number of hydrogen-bond donors (Lipinski definition) is 3. The Morgan fingerprint density at radius 3 is 0.800 bits per heavy atom. The van der Waals surface area contributed by atoms with Gasteiger partial charge in [0.15, 0.2) is 12.2 Å². The Balaban J connectivity index is 5.23. The van der Waals surface area contributed by atoms with E-state index < -0.39 is 97.5 Å². The van der Waals surface area contributed by atoms with E-state index in [2.05, 4.69) is 41.5 Å². The van der Waals surface area contributed by atoms with Gasteiger partial charge in [-0.15, -0.1) is 0 Å². The zero-order valence-electron chi connectivity index (χ0n) is 62.0. The predicted molar refractivity (Wildman–Crippen MR) is 386 cm³/mol. The molecule has 0 aromatic rings. The number of ether oxygens (including phenoxy) is 4. The number of rotatable bonds is 75. The second kappa shape index (κ2) is 67.9. The number of aliphatic hydroxyl groups is 1. The van der Waals surface area contributed by atoms with Crippen LogP contribution in [0.3, 0.4) is 0 Å². The van der Waals surface area contributed by atoms with Crippen molar-refractivity contribution in [1.82, 2.24) is 0 Å². The van der Waals surface area contributed by atoms with Crippen LogP contribution in [0.5, 0.6) is 0 Å². The van der Waals surface area contributed by atoms with Gasteiger partial charge in [0.25, 0.3) is 0 Å². The number of unbranched alkanes of at least 4 members (excludes halogenated alkanes) is 44. The van der Waals surface area contributed by atoms with E-state index >= 15 is 0 Å². The van der Waals surface area contributed by atoms with Gasteiger partial charge in [0.2, 0.25) is 0 Å². The van der Waals surface area contributed by atoms with Crippen LogP contribution in [0.15, 0.2) is 0 Å². The summed E-state index contributed by atoms with van der Waals surface area (Å²) in [6, 6.07) is 0. The van der Waals surface area contributed by atoms with Gasteiger partial charge in [0, 0.05) is 25.7 Å². The van der Waals surface area contributed by atoms with Crippen molar-refractivity contribution < 1.29 is 80.2 Å². The van der Waals surface area contributed by atoms with Crippen LogP contribution in [-0.2, 0) is 65.4 Å². The SMILES string of the molecule is CCCCCCCCCCCCCCC(=O)OC[C@H](COP(=O)(O)OC[C@H](O)COP(=O)(O)OC[C@@H](COC(=O)CCCCCCCCCCC(C)CC)OC(=O)CCCCCCCCCCCCCCCCCCC(C)C)OC(=O)CCCCCCCCCCCCCC. The molecule has 0 spiro atoms. The van der Waals surface area contributed by atoms with E-state index in [-0.39, 0.29) is 25.7 Å². The topological polar surface area (TPSA) is 237 Å². The Bertz CT molecular complexity index is 1840. The molecule has 95 heavy (non-hydrogen) atoms. The fraction of sp³-hybridized carbons (Fsp3) is 0.947. The molecule has 0 aromatic carbocycles. The highest BCUT2D eigenvalue weighted by atomic mass is 31.2. The predicted octanol–water partition coefficient (Wildman–Crippen LogP) is 22.3. The highest BCUT2D eigenvalue weighted by Crippen LogP contribution is 2.45. The monoisotopic (exact) mass is 1400 g/mol. The number of aliphatic hydroxyl groups excluding tert-OH is 1. The lowest BCUT2D eigenvalue weighted by molar-refractivity contribution is -0.161. The number of carbonyl (C=O) groups is 4. The van der Waals surface area contributed by atoms with E-state index in [0.29, 0.717) is 25.7 Å². The number of phosphoric acid groups is 2. The summed E-state index contributed by atoms with van der Waals surface area (Å²) in [5.41, 5.74) is 0. The Hall–Kier alpha value is -1.94. The van der Waals surface area contributed by atoms with Gasteiger partial charge in [0.05, 0.1) is 26.4 Å². The minimum absolute atomic E-state index is 0.108. The van der Waals surface area contributed by atoms with E-state index in [1.54, 1.807) is 0 Å². The van der Waals surface area contributed by atoms with Crippen molar-refractivity contribution >= 4 is 39.5 Å². The first-order chi connectivity index (χ1) is 45.9. The lowest BCUT2D eigenvalue weighted by atomic mass is 9.99. The molecule has 0 rings (SSSR count). The van der Waals surface area contributed by atoms with Crippen molar-refractivity contribution in [2.24, 2.45) is 11.8 Å². The summed E-state index contributed by atoms with van der Waals surface area (Å²) < 4.78 is 68.5. The van der Waals surface area contributed by atoms with Crippen LogP contribution in [0, 0.1) is 11.8 Å². The summed E-state index contributed by atoms with van der Waals surface area (Å²) in [7, 11) is -9.91. The van der Waals surface area contributed by atoms with Crippen LogP contribution in [0.25, 0.3) is 0 Å². The molecular weight excluding hydrogens is 1250 g/mol. The van der Waals surface area contributed by atoms with Crippen molar-refractivity contribution in [3.63, 3.8) is 0 Å². The third kappa shape index (κ3) is 69.0. The second-order valence-corrected chi connectivity index (χ2v) is 31.0. The molecule has 0 aliphatic carbocycles. The number of esters is 4. The Morgan fingerprint density at radius 2 is 0.537 bits per heavy atom. The van der Waals surface area contributed by atoms with Crippen LogP contribution in [0.1, 0.15) is 395 Å². The summed E-state index contributed by atoms with van der Waals surface area (Å²) in [5.74, 6) is -0.527. The quantitative estimate of drug-likeness (QED) is 0.0222. The minimum atomic E-state index is -4.96. The molecule has 0 aromatic heterocycles. The average molecular weight is 1400 g/mol. The van der Waals surface area contributed by atoms with Crippen molar-refractivity contribution in [2.75, 3.05) is 39.6 Å². The van der Waals surface area contributed by atoms with E-state index in [1.807, 2.05) is 0 Å². The van der Waals surface area contributed by atoms with Gasteiger partial charge in [-0.05, 0) is 37.5 Å². The van der Waals surface area contributed by atoms with E-state index in [1.165, 1.54) is 212 Å². The Morgan fingerprint density at radius 1 is 0.305 bits per heavy atom. The first-order valence-electron chi connectivity index (χ1n) is 39.5. The molecule has 0 bridgehead atoms. The maximum atomic E-state index is 13.1. The Labute approximate surface area is 581 Å². The molecule has 0 aliphatic rings. The van der Waals surface area contributed by atoms with Gasteiger partial charge >= 0.3 is 39.5 Å². The molecule has 0 saturated heterocycles. The van der Waals surface area contributed by atoms with E-state index in [4.69, 9.17) is 37.0 Å². The highest BCUT2D eigenvalue weighted by molar-refractivity contribution is 7.47. The number of carbonyl (C=O) groups excluding carboxylic acids is 4. The summed E-state index contributed by atoms with van der Waals surface area (Å²) in [5, 5.41) is 10.6. The fourth-order valence-electron chi connectivity index (χ4n) is 11.6. The van der Waals surface area contributed by atoms with E-state index in [9.17, 15) is 43.2 Å². The lowest BCUT2D eigenvalue weighted by Gasteiger charge is -2.21. The minimum Gasteiger partial charge on any atom is -0.462 e. The molecule has 0 fully saturated rings. The van der Waals surface area contributed by atoms with Crippen molar-refractivity contribution in [1.29, 1.82) is 0 Å².